The van der Waals surface area contributed by atoms with Crippen molar-refractivity contribution in [2.24, 2.45) is 0 Å². The lowest BCUT2D eigenvalue weighted by atomic mass is 9.99. The minimum absolute atomic E-state index is 0.411. The van der Waals surface area contributed by atoms with Crippen LogP contribution in [-0.2, 0) is 6.54 Å². The Morgan fingerprint density at radius 3 is 2.67 bits per heavy atom. The van der Waals surface area contributed by atoms with Gasteiger partial charge in [0.25, 0.3) is 0 Å². The number of ether oxygens (including phenoxy) is 1. The molecule has 0 aliphatic heterocycles. The molecule has 3 nitrogen and oxygen atoms in total. The molecule has 18 heavy (non-hydrogen) atoms. The zero-order valence-electron chi connectivity index (χ0n) is 11.1. The fraction of sp³-hybridized carbons (Fsp3) is 0.429. The van der Waals surface area contributed by atoms with Gasteiger partial charge >= 0.3 is 0 Å². The van der Waals surface area contributed by atoms with Crippen molar-refractivity contribution in [2.75, 3.05) is 14.2 Å². The van der Waals surface area contributed by atoms with Gasteiger partial charge in [-0.25, -0.2) is 0 Å². The summed E-state index contributed by atoms with van der Waals surface area (Å²) in [4.78, 5) is 0. The molecule has 0 bridgehead atoms. The zero-order valence-corrected chi connectivity index (χ0v) is 12.7. The molecule has 0 spiro atoms. The maximum absolute atomic E-state index is 5.97. The molecule has 1 heterocycles. The normalized spacial score (nSPS) is 11.4. The van der Waals surface area contributed by atoms with Crippen molar-refractivity contribution in [2.45, 2.75) is 26.3 Å². The van der Waals surface area contributed by atoms with Gasteiger partial charge in [-0.15, -0.1) is 0 Å². The summed E-state index contributed by atoms with van der Waals surface area (Å²) >= 11 is 3.54. The second-order valence-corrected chi connectivity index (χ2v) is 5.46. The van der Waals surface area contributed by atoms with Gasteiger partial charge in [0.2, 0.25) is 0 Å². The summed E-state index contributed by atoms with van der Waals surface area (Å²) in [6, 6.07) is 3.97. The van der Waals surface area contributed by atoms with Crippen molar-refractivity contribution in [1.29, 1.82) is 0 Å². The molecule has 1 aromatic carbocycles. The van der Waals surface area contributed by atoms with Gasteiger partial charge in [0, 0.05) is 10.9 Å². The third-order valence-corrected chi connectivity index (χ3v) is 3.57. The number of hydrogen-bond donors (Lipinski definition) is 1. The van der Waals surface area contributed by atoms with E-state index in [9.17, 15) is 0 Å². The molecule has 2 aromatic rings. The van der Waals surface area contributed by atoms with Crippen LogP contribution in [-0.4, -0.2) is 14.2 Å². The third-order valence-electron chi connectivity index (χ3n) is 2.98. The molecule has 4 heteroatoms. The van der Waals surface area contributed by atoms with Gasteiger partial charge in [-0.2, -0.15) is 0 Å². The summed E-state index contributed by atoms with van der Waals surface area (Å²) in [5.41, 5.74) is 2.14. The van der Waals surface area contributed by atoms with E-state index in [1.165, 1.54) is 5.56 Å². The summed E-state index contributed by atoms with van der Waals surface area (Å²) in [6.45, 7) is 5.09. The van der Waals surface area contributed by atoms with Crippen LogP contribution in [0.3, 0.4) is 0 Å². The third kappa shape index (κ3) is 2.27. The van der Waals surface area contributed by atoms with Crippen LogP contribution < -0.4 is 10.1 Å². The Hall–Kier alpha value is -1.00. The minimum Gasteiger partial charge on any atom is -0.497 e. The van der Waals surface area contributed by atoms with E-state index in [0.29, 0.717) is 5.92 Å². The monoisotopic (exact) mass is 311 g/mol. The van der Waals surface area contributed by atoms with E-state index in [4.69, 9.17) is 9.15 Å². The van der Waals surface area contributed by atoms with Gasteiger partial charge in [0.1, 0.15) is 17.1 Å². The maximum Gasteiger partial charge on any atom is 0.149 e. The number of rotatable bonds is 4. The molecule has 2 rings (SSSR count). The van der Waals surface area contributed by atoms with Gasteiger partial charge in [-0.05, 0) is 41.0 Å². The molecule has 98 valence electrons. The zero-order chi connectivity index (χ0) is 13.3. The first kappa shape index (κ1) is 13.4. The molecule has 0 amide bonds. The van der Waals surface area contributed by atoms with Crippen molar-refractivity contribution >= 4 is 26.9 Å². The highest BCUT2D eigenvalue weighted by Crippen LogP contribution is 2.38. The predicted octanol–water partition coefficient (Wildman–Crippen LogP) is 4.05. The Morgan fingerprint density at radius 2 is 2.11 bits per heavy atom. The van der Waals surface area contributed by atoms with Gasteiger partial charge < -0.3 is 14.5 Å². The number of nitrogens with one attached hydrogen (secondary N) is 1. The van der Waals surface area contributed by atoms with E-state index in [1.807, 2.05) is 19.2 Å². The number of halogens is 1. The van der Waals surface area contributed by atoms with Crippen LogP contribution >= 0.6 is 15.9 Å². The molecular weight excluding hydrogens is 294 g/mol. The lowest BCUT2D eigenvalue weighted by Crippen LogP contribution is -2.06. The standard InChI is InChI=1S/C14H18BrNO2/c1-8(2)13-10-5-9(17-4)6-11(15)14(10)18-12(13)7-16-3/h5-6,8,16H,7H2,1-4H3. The Bertz CT molecular complexity index is 560. The average Bonchev–Trinajstić information content (AvgIpc) is 2.68. The molecule has 0 unspecified atom stereocenters. The predicted molar refractivity (Wildman–Crippen MR) is 77.3 cm³/mol. The first-order valence-corrected chi connectivity index (χ1v) is 6.81. The first-order valence-electron chi connectivity index (χ1n) is 6.01. The lowest BCUT2D eigenvalue weighted by molar-refractivity contribution is 0.415. The molecule has 0 aliphatic rings. The number of furan rings is 1. The van der Waals surface area contributed by atoms with E-state index in [2.05, 4.69) is 35.1 Å². The van der Waals surface area contributed by atoms with Crippen molar-refractivity contribution in [3.8, 4) is 5.75 Å². The van der Waals surface area contributed by atoms with Crippen LogP contribution in [0.1, 0.15) is 31.1 Å². The summed E-state index contributed by atoms with van der Waals surface area (Å²) in [6.07, 6.45) is 0. The lowest BCUT2D eigenvalue weighted by Gasteiger charge is -2.06. The molecule has 0 fully saturated rings. The van der Waals surface area contributed by atoms with Crippen LogP contribution in [0.15, 0.2) is 21.0 Å². The largest absolute Gasteiger partial charge is 0.497 e. The van der Waals surface area contributed by atoms with E-state index in [1.54, 1.807) is 7.11 Å². The highest BCUT2D eigenvalue weighted by molar-refractivity contribution is 9.10. The molecule has 0 aliphatic carbocycles. The smallest absolute Gasteiger partial charge is 0.149 e. The summed E-state index contributed by atoms with van der Waals surface area (Å²) in [5, 5.41) is 4.27. The van der Waals surface area contributed by atoms with E-state index in [-0.39, 0.29) is 0 Å². The van der Waals surface area contributed by atoms with E-state index >= 15 is 0 Å². The Kier molecular flexibility index (Phi) is 3.97. The summed E-state index contributed by atoms with van der Waals surface area (Å²) < 4.78 is 12.2. The molecule has 0 atom stereocenters. The Morgan fingerprint density at radius 1 is 1.39 bits per heavy atom. The summed E-state index contributed by atoms with van der Waals surface area (Å²) in [7, 11) is 3.60. The maximum atomic E-state index is 5.97. The van der Waals surface area contributed by atoms with Crippen LogP contribution in [0.4, 0.5) is 0 Å². The van der Waals surface area contributed by atoms with Gasteiger partial charge in [-0.1, -0.05) is 13.8 Å². The van der Waals surface area contributed by atoms with Crippen molar-refractivity contribution < 1.29 is 9.15 Å². The number of fused-ring (bicyclic) bond motifs is 1. The average molecular weight is 312 g/mol. The first-order chi connectivity index (χ1) is 8.58. The molecule has 1 aromatic heterocycles. The molecular formula is C14H18BrNO2. The van der Waals surface area contributed by atoms with E-state index < -0.39 is 0 Å². The van der Waals surface area contributed by atoms with Crippen LogP contribution in [0, 0.1) is 0 Å². The number of hydrogen-bond acceptors (Lipinski definition) is 3. The minimum atomic E-state index is 0.411. The second-order valence-electron chi connectivity index (χ2n) is 4.61. The molecule has 0 saturated heterocycles. The van der Waals surface area contributed by atoms with Crippen molar-refractivity contribution in [3.05, 3.63) is 27.9 Å². The molecule has 1 N–H and O–H groups in total. The SMILES string of the molecule is CNCc1oc2c(Br)cc(OC)cc2c1C(C)C. The molecule has 0 saturated carbocycles. The van der Waals surface area contributed by atoms with E-state index in [0.717, 1.165) is 33.5 Å². The van der Waals surface area contributed by atoms with Crippen LogP contribution in [0.25, 0.3) is 11.0 Å². The fourth-order valence-electron chi connectivity index (χ4n) is 2.24. The van der Waals surface area contributed by atoms with Gasteiger partial charge in [-0.3, -0.25) is 0 Å². The fourth-order valence-corrected chi connectivity index (χ4v) is 2.76. The highest BCUT2D eigenvalue weighted by atomic mass is 79.9. The Balaban J connectivity index is 2.73. The van der Waals surface area contributed by atoms with Gasteiger partial charge in [0.15, 0.2) is 0 Å². The van der Waals surface area contributed by atoms with Crippen LogP contribution in [0.2, 0.25) is 0 Å². The van der Waals surface area contributed by atoms with Crippen molar-refractivity contribution in [3.63, 3.8) is 0 Å². The molecule has 0 radical (unpaired) electrons. The topological polar surface area (TPSA) is 34.4 Å². The van der Waals surface area contributed by atoms with Crippen molar-refractivity contribution in [1.82, 2.24) is 5.32 Å². The second kappa shape index (κ2) is 5.33. The van der Waals surface area contributed by atoms with Crippen LogP contribution in [0.5, 0.6) is 5.75 Å². The highest BCUT2D eigenvalue weighted by Gasteiger charge is 2.19. The Labute approximate surface area is 116 Å². The summed E-state index contributed by atoms with van der Waals surface area (Å²) in [5.74, 6) is 2.25. The number of benzene rings is 1. The quantitative estimate of drug-likeness (QED) is 0.925. The number of methoxy groups -OCH3 is 1. The van der Waals surface area contributed by atoms with Gasteiger partial charge in [0.05, 0.1) is 18.1 Å².